The molecule has 0 amide bonds. The lowest BCUT2D eigenvalue weighted by Gasteiger charge is -2.34. The van der Waals surface area contributed by atoms with Gasteiger partial charge in [0.15, 0.2) is 0 Å². The molecule has 1 fully saturated rings. The van der Waals surface area contributed by atoms with Crippen molar-refractivity contribution in [1.82, 2.24) is 14.5 Å². The maximum atomic E-state index is 12.9. The molecule has 6 nitrogen and oxygen atoms in total. The standard InChI is InChI=1S/C17H23N3O3/c1-11(2)19-9-7-12(8-10-19)20-16(21)15-13(18-17(20)22)5-4-6-14(15)23-3/h4-6,11-12H,7-10H2,1-3H3,(H,18,22). The van der Waals surface area contributed by atoms with E-state index in [9.17, 15) is 9.59 Å². The number of benzene rings is 1. The van der Waals surface area contributed by atoms with Gasteiger partial charge in [-0.3, -0.25) is 9.36 Å². The van der Waals surface area contributed by atoms with E-state index in [4.69, 9.17) is 4.74 Å². The van der Waals surface area contributed by atoms with Gasteiger partial charge >= 0.3 is 5.69 Å². The molecule has 0 spiro atoms. The van der Waals surface area contributed by atoms with Crippen molar-refractivity contribution in [1.29, 1.82) is 0 Å². The zero-order valence-electron chi connectivity index (χ0n) is 13.8. The van der Waals surface area contributed by atoms with E-state index in [1.54, 1.807) is 18.2 Å². The molecule has 6 heteroatoms. The van der Waals surface area contributed by atoms with E-state index < -0.39 is 0 Å². The molecule has 3 rings (SSSR count). The number of hydrogen-bond donors (Lipinski definition) is 1. The van der Waals surface area contributed by atoms with Crippen molar-refractivity contribution in [2.75, 3.05) is 20.2 Å². The molecule has 1 aliphatic heterocycles. The van der Waals surface area contributed by atoms with Gasteiger partial charge in [-0.2, -0.15) is 0 Å². The zero-order chi connectivity index (χ0) is 16.6. The highest BCUT2D eigenvalue weighted by atomic mass is 16.5. The van der Waals surface area contributed by atoms with Crippen molar-refractivity contribution >= 4 is 10.9 Å². The molecular weight excluding hydrogens is 294 g/mol. The number of rotatable bonds is 3. The molecule has 1 saturated heterocycles. The fraction of sp³-hybridized carbons (Fsp3) is 0.529. The molecule has 0 bridgehead atoms. The van der Waals surface area contributed by atoms with Crippen LogP contribution in [0.15, 0.2) is 27.8 Å². The molecule has 0 atom stereocenters. The van der Waals surface area contributed by atoms with Crippen LogP contribution in [-0.4, -0.2) is 40.7 Å². The van der Waals surface area contributed by atoms with Crippen molar-refractivity contribution in [3.63, 3.8) is 0 Å². The molecule has 23 heavy (non-hydrogen) atoms. The van der Waals surface area contributed by atoms with Crippen LogP contribution < -0.4 is 16.0 Å². The summed E-state index contributed by atoms with van der Waals surface area (Å²) in [5.74, 6) is 0.497. The number of aromatic amines is 1. The minimum atomic E-state index is -0.334. The number of ether oxygens (including phenoxy) is 1. The average Bonchev–Trinajstić information content (AvgIpc) is 2.54. The van der Waals surface area contributed by atoms with E-state index in [-0.39, 0.29) is 17.3 Å². The van der Waals surface area contributed by atoms with Gasteiger partial charge in [0.25, 0.3) is 5.56 Å². The monoisotopic (exact) mass is 317 g/mol. The summed E-state index contributed by atoms with van der Waals surface area (Å²) in [5.41, 5.74) is -0.0711. The number of nitrogens with one attached hydrogen (secondary N) is 1. The first-order valence-electron chi connectivity index (χ1n) is 8.08. The number of H-pyrrole nitrogens is 1. The van der Waals surface area contributed by atoms with Crippen molar-refractivity contribution in [3.8, 4) is 5.75 Å². The number of aromatic nitrogens is 2. The molecule has 0 unspecified atom stereocenters. The molecule has 1 aliphatic rings. The number of piperidine rings is 1. The minimum absolute atomic E-state index is 0.0597. The van der Waals surface area contributed by atoms with Crippen LogP contribution in [0.5, 0.6) is 5.75 Å². The summed E-state index contributed by atoms with van der Waals surface area (Å²) in [6.07, 6.45) is 1.61. The van der Waals surface area contributed by atoms with Crippen LogP contribution in [-0.2, 0) is 0 Å². The maximum Gasteiger partial charge on any atom is 0.329 e. The summed E-state index contributed by atoms with van der Waals surface area (Å²) < 4.78 is 6.67. The molecular formula is C17H23N3O3. The highest BCUT2D eigenvalue weighted by molar-refractivity contribution is 5.83. The van der Waals surface area contributed by atoms with Crippen molar-refractivity contribution in [2.24, 2.45) is 0 Å². The Labute approximate surface area is 134 Å². The molecule has 124 valence electrons. The van der Waals surface area contributed by atoms with E-state index in [1.165, 1.54) is 11.7 Å². The Morgan fingerprint density at radius 1 is 1.22 bits per heavy atom. The summed E-state index contributed by atoms with van der Waals surface area (Å²) in [6.45, 7) is 6.14. The van der Waals surface area contributed by atoms with Crippen LogP contribution in [0, 0.1) is 0 Å². The van der Waals surface area contributed by atoms with Gasteiger partial charge in [-0.1, -0.05) is 6.07 Å². The van der Waals surface area contributed by atoms with Crippen LogP contribution in [0.4, 0.5) is 0 Å². The average molecular weight is 317 g/mol. The molecule has 1 aromatic carbocycles. The van der Waals surface area contributed by atoms with Crippen LogP contribution >= 0.6 is 0 Å². The second-order valence-electron chi connectivity index (χ2n) is 6.35. The van der Waals surface area contributed by atoms with Gasteiger partial charge in [0.05, 0.1) is 12.6 Å². The van der Waals surface area contributed by atoms with Gasteiger partial charge in [0.2, 0.25) is 0 Å². The number of nitrogens with zero attached hydrogens (tertiary/aromatic N) is 2. The third-order valence-electron chi connectivity index (χ3n) is 4.73. The number of hydrogen-bond acceptors (Lipinski definition) is 4. The van der Waals surface area contributed by atoms with Gasteiger partial charge in [-0.25, -0.2) is 4.79 Å². The lowest BCUT2D eigenvalue weighted by molar-refractivity contribution is 0.149. The Bertz CT molecular complexity index is 814. The first-order valence-corrected chi connectivity index (χ1v) is 8.08. The highest BCUT2D eigenvalue weighted by Crippen LogP contribution is 2.23. The Hall–Kier alpha value is -2.08. The fourth-order valence-corrected chi connectivity index (χ4v) is 3.41. The van der Waals surface area contributed by atoms with Crippen LogP contribution in [0.3, 0.4) is 0 Å². The Balaban J connectivity index is 2.05. The molecule has 0 aliphatic carbocycles. The SMILES string of the molecule is COc1cccc2[nH]c(=O)n(C3CCN(C(C)C)CC3)c(=O)c12. The normalized spacial score (nSPS) is 17.0. The fourth-order valence-electron chi connectivity index (χ4n) is 3.41. The van der Waals surface area contributed by atoms with Gasteiger partial charge in [0, 0.05) is 25.2 Å². The summed E-state index contributed by atoms with van der Waals surface area (Å²) >= 11 is 0. The van der Waals surface area contributed by atoms with E-state index in [2.05, 4.69) is 23.7 Å². The molecule has 1 N–H and O–H groups in total. The van der Waals surface area contributed by atoms with Crippen molar-refractivity contribution in [2.45, 2.75) is 38.8 Å². The van der Waals surface area contributed by atoms with Gasteiger partial charge in [0.1, 0.15) is 11.1 Å². The zero-order valence-corrected chi connectivity index (χ0v) is 13.8. The summed E-state index contributed by atoms with van der Waals surface area (Å²) in [6, 6.07) is 5.67. The number of methoxy groups -OCH3 is 1. The maximum absolute atomic E-state index is 12.9. The van der Waals surface area contributed by atoms with Gasteiger partial charge in [-0.05, 0) is 38.8 Å². The van der Waals surface area contributed by atoms with E-state index >= 15 is 0 Å². The topological polar surface area (TPSA) is 67.3 Å². The summed E-state index contributed by atoms with van der Waals surface area (Å²) in [4.78, 5) is 30.5. The Morgan fingerprint density at radius 2 is 1.91 bits per heavy atom. The van der Waals surface area contributed by atoms with Crippen LogP contribution in [0.25, 0.3) is 10.9 Å². The minimum Gasteiger partial charge on any atom is -0.496 e. The van der Waals surface area contributed by atoms with Crippen molar-refractivity contribution in [3.05, 3.63) is 39.0 Å². The second-order valence-corrected chi connectivity index (χ2v) is 6.35. The lowest BCUT2D eigenvalue weighted by Crippen LogP contribution is -2.45. The summed E-state index contributed by atoms with van der Waals surface area (Å²) in [7, 11) is 1.53. The van der Waals surface area contributed by atoms with E-state index in [0.717, 1.165) is 25.9 Å². The molecule has 1 aromatic heterocycles. The smallest absolute Gasteiger partial charge is 0.329 e. The first-order chi connectivity index (χ1) is 11.0. The quantitative estimate of drug-likeness (QED) is 0.936. The van der Waals surface area contributed by atoms with Gasteiger partial charge in [-0.15, -0.1) is 0 Å². The van der Waals surface area contributed by atoms with E-state index in [0.29, 0.717) is 22.7 Å². The van der Waals surface area contributed by atoms with Gasteiger partial charge < -0.3 is 14.6 Å². The highest BCUT2D eigenvalue weighted by Gasteiger charge is 2.25. The Morgan fingerprint density at radius 3 is 2.52 bits per heavy atom. The molecule has 2 aromatic rings. The predicted molar refractivity (Wildman–Crippen MR) is 90.4 cm³/mol. The Kier molecular flexibility index (Phi) is 4.26. The molecule has 2 heterocycles. The largest absolute Gasteiger partial charge is 0.496 e. The number of fused-ring (bicyclic) bond motifs is 1. The molecule has 0 saturated carbocycles. The third kappa shape index (κ3) is 2.79. The molecule has 0 radical (unpaired) electrons. The second kappa shape index (κ2) is 6.20. The van der Waals surface area contributed by atoms with Crippen molar-refractivity contribution < 1.29 is 4.74 Å². The summed E-state index contributed by atoms with van der Waals surface area (Å²) in [5, 5.41) is 0.445. The van der Waals surface area contributed by atoms with Crippen LogP contribution in [0.2, 0.25) is 0 Å². The van der Waals surface area contributed by atoms with Crippen LogP contribution in [0.1, 0.15) is 32.7 Å². The van der Waals surface area contributed by atoms with E-state index in [1.807, 2.05) is 0 Å². The third-order valence-corrected chi connectivity index (χ3v) is 4.73. The first kappa shape index (κ1) is 15.8. The lowest BCUT2D eigenvalue weighted by atomic mass is 10.0. The predicted octanol–water partition coefficient (Wildman–Crippen LogP) is 1.74. The number of likely N-dealkylation sites (tertiary alicyclic amines) is 1.